The van der Waals surface area contributed by atoms with Crippen LogP contribution in [-0.2, 0) is 11.3 Å². The number of hydrogen-bond donors (Lipinski definition) is 1. The van der Waals surface area contributed by atoms with Gasteiger partial charge in [-0.15, -0.1) is 11.3 Å². The maximum absolute atomic E-state index is 12.7. The standard InChI is InChI=1S/C19H31N3O2S/c1-4-5-10-21(3)14-16-8-11-22(12-9-16)19(24)18-7-6-17(25-18)13-20-15(2)23/h6-7,16H,4-5,8-14H2,1-3H3,(H,20,23). The molecule has 140 valence electrons. The molecule has 0 bridgehead atoms. The van der Waals surface area contributed by atoms with Crippen molar-refractivity contribution in [2.75, 3.05) is 33.2 Å². The van der Waals surface area contributed by atoms with E-state index in [1.807, 2.05) is 17.0 Å². The molecule has 1 aliphatic heterocycles. The van der Waals surface area contributed by atoms with Crippen LogP contribution in [0.15, 0.2) is 12.1 Å². The summed E-state index contributed by atoms with van der Waals surface area (Å²) in [5.74, 6) is 0.786. The lowest BCUT2D eigenvalue weighted by Crippen LogP contribution is -2.41. The lowest BCUT2D eigenvalue weighted by molar-refractivity contribution is -0.119. The first-order valence-electron chi connectivity index (χ1n) is 9.30. The van der Waals surface area contributed by atoms with Gasteiger partial charge in [0.1, 0.15) is 0 Å². The number of thiophene rings is 1. The van der Waals surface area contributed by atoms with Crippen molar-refractivity contribution in [3.63, 3.8) is 0 Å². The van der Waals surface area contributed by atoms with Crippen LogP contribution in [0, 0.1) is 5.92 Å². The van der Waals surface area contributed by atoms with Crippen LogP contribution in [0.5, 0.6) is 0 Å². The molecule has 0 radical (unpaired) electrons. The molecule has 1 saturated heterocycles. The van der Waals surface area contributed by atoms with E-state index in [1.165, 1.54) is 37.6 Å². The zero-order valence-electron chi connectivity index (χ0n) is 15.7. The van der Waals surface area contributed by atoms with E-state index < -0.39 is 0 Å². The van der Waals surface area contributed by atoms with Gasteiger partial charge in [-0.3, -0.25) is 9.59 Å². The van der Waals surface area contributed by atoms with Crippen molar-refractivity contribution in [1.29, 1.82) is 0 Å². The Morgan fingerprint density at radius 3 is 2.68 bits per heavy atom. The van der Waals surface area contributed by atoms with Gasteiger partial charge in [0.2, 0.25) is 5.91 Å². The minimum absolute atomic E-state index is 0.0488. The van der Waals surface area contributed by atoms with Gasteiger partial charge >= 0.3 is 0 Å². The van der Waals surface area contributed by atoms with Crippen LogP contribution in [0.1, 0.15) is 54.1 Å². The Morgan fingerprint density at radius 1 is 1.32 bits per heavy atom. The number of unbranched alkanes of at least 4 members (excludes halogenated alkanes) is 1. The molecule has 0 aromatic carbocycles. The number of carbonyl (C=O) groups excluding carboxylic acids is 2. The molecule has 2 rings (SSSR count). The minimum Gasteiger partial charge on any atom is -0.351 e. The maximum atomic E-state index is 12.7. The van der Waals surface area contributed by atoms with E-state index >= 15 is 0 Å². The summed E-state index contributed by atoms with van der Waals surface area (Å²) >= 11 is 1.48. The van der Waals surface area contributed by atoms with Crippen molar-refractivity contribution in [3.05, 3.63) is 21.9 Å². The first kappa shape index (κ1) is 19.9. The predicted molar refractivity (Wildman–Crippen MR) is 103 cm³/mol. The van der Waals surface area contributed by atoms with E-state index in [1.54, 1.807) is 0 Å². The molecule has 0 spiro atoms. The summed E-state index contributed by atoms with van der Waals surface area (Å²) in [6.45, 7) is 8.24. The van der Waals surface area contributed by atoms with Crippen LogP contribution in [0.3, 0.4) is 0 Å². The molecule has 0 unspecified atom stereocenters. The molecule has 1 aromatic rings. The first-order chi connectivity index (χ1) is 12.0. The third kappa shape index (κ3) is 6.44. The van der Waals surface area contributed by atoms with Gasteiger partial charge < -0.3 is 15.1 Å². The van der Waals surface area contributed by atoms with Crippen molar-refractivity contribution >= 4 is 23.2 Å². The number of carbonyl (C=O) groups is 2. The van der Waals surface area contributed by atoms with E-state index in [-0.39, 0.29) is 11.8 Å². The van der Waals surface area contributed by atoms with E-state index in [0.29, 0.717) is 12.5 Å². The molecule has 0 aliphatic carbocycles. The highest BCUT2D eigenvalue weighted by atomic mass is 32.1. The predicted octanol–water partition coefficient (Wildman–Crippen LogP) is 2.97. The highest BCUT2D eigenvalue weighted by molar-refractivity contribution is 7.14. The third-order valence-corrected chi connectivity index (χ3v) is 5.82. The van der Waals surface area contributed by atoms with E-state index in [0.717, 1.165) is 42.2 Å². The summed E-state index contributed by atoms with van der Waals surface area (Å²) in [7, 11) is 2.20. The fourth-order valence-electron chi connectivity index (χ4n) is 3.23. The molecule has 2 heterocycles. The molecule has 6 heteroatoms. The summed E-state index contributed by atoms with van der Waals surface area (Å²) < 4.78 is 0. The zero-order valence-corrected chi connectivity index (χ0v) is 16.5. The quantitative estimate of drug-likeness (QED) is 0.770. The van der Waals surface area contributed by atoms with Crippen LogP contribution < -0.4 is 5.32 Å². The summed E-state index contributed by atoms with van der Waals surface area (Å²) in [6.07, 6.45) is 4.67. The first-order valence-corrected chi connectivity index (χ1v) is 10.1. The average molecular weight is 366 g/mol. The second kappa shape index (κ2) is 9.92. The summed E-state index contributed by atoms with van der Waals surface area (Å²) in [5, 5.41) is 2.77. The molecule has 25 heavy (non-hydrogen) atoms. The number of hydrogen-bond acceptors (Lipinski definition) is 4. The van der Waals surface area contributed by atoms with Gasteiger partial charge in [-0.05, 0) is 50.9 Å². The Morgan fingerprint density at radius 2 is 2.04 bits per heavy atom. The molecule has 5 nitrogen and oxygen atoms in total. The van der Waals surface area contributed by atoms with Gasteiger partial charge in [-0.2, -0.15) is 0 Å². The van der Waals surface area contributed by atoms with Crippen LogP contribution in [0.25, 0.3) is 0 Å². The number of piperidine rings is 1. The Labute approximate surface area is 155 Å². The van der Waals surface area contributed by atoms with Gasteiger partial charge in [0.25, 0.3) is 5.91 Å². The molecule has 0 saturated carbocycles. The molecule has 2 amide bonds. The number of rotatable bonds is 8. The minimum atomic E-state index is -0.0488. The Kier molecular flexibility index (Phi) is 7.90. The largest absolute Gasteiger partial charge is 0.351 e. The van der Waals surface area contributed by atoms with Crippen LogP contribution in [0.4, 0.5) is 0 Å². The van der Waals surface area contributed by atoms with Crippen molar-refractivity contribution in [3.8, 4) is 0 Å². The number of amides is 2. The fourth-order valence-corrected chi connectivity index (χ4v) is 4.15. The Balaban J connectivity index is 1.78. The SMILES string of the molecule is CCCCN(C)CC1CCN(C(=O)c2ccc(CNC(C)=O)s2)CC1. The highest BCUT2D eigenvalue weighted by Gasteiger charge is 2.25. The van der Waals surface area contributed by atoms with Crippen molar-refractivity contribution in [1.82, 2.24) is 15.1 Å². The molecule has 1 aliphatic rings. The van der Waals surface area contributed by atoms with Crippen LogP contribution >= 0.6 is 11.3 Å². The number of nitrogens with zero attached hydrogens (tertiary/aromatic N) is 2. The molecular formula is C19H31N3O2S. The summed E-state index contributed by atoms with van der Waals surface area (Å²) in [4.78, 5) is 29.9. The maximum Gasteiger partial charge on any atom is 0.263 e. The molecular weight excluding hydrogens is 334 g/mol. The monoisotopic (exact) mass is 365 g/mol. The van der Waals surface area contributed by atoms with Gasteiger partial charge in [-0.1, -0.05) is 13.3 Å². The third-order valence-electron chi connectivity index (χ3n) is 4.75. The lowest BCUT2D eigenvalue weighted by atomic mass is 9.96. The van der Waals surface area contributed by atoms with Gasteiger partial charge in [0, 0.05) is 31.4 Å². The Bertz CT molecular complexity index is 565. The van der Waals surface area contributed by atoms with Crippen molar-refractivity contribution < 1.29 is 9.59 Å². The summed E-state index contributed by atoms with van der Waals surface area (Å²) in [5.41, 5.74) is 0. The lowest BCUT2D eigenvalue weighted by Gasteiger charge is -2.33. The smallest absolute Gasteiger partial charge is 0.263 e. The zero-order chi connectivity index (χ0) is 18.2. The second-order valence-corrected chi connectivity index (χ2v) is 8.20. The van der Waals surface area contributed by atoms with Gasteiger partial charge in [0.05, 0.1) is 11.4 Å². The molecule has 1 N–H and O–H groups in total. The van der Waals surface area contributed by atoms with E-state index in [9.17, 15) is 9.59 Å². The van der Waals surface area contributed by atoms with Crippen molar-refractivity contribution in [2.45, 2.75) is 46.1 Å². The van der Waals surface area contributed by atoms with Crippen LogP contribution in [0.2, 0.25) is 0 Å². The second-order valence-electron chi connectivity index (χ2n) is 7.03. The number of likely N-dealkylation sites (tertiary alicyclic amines) is 1. The topological polar surface area (TPSA) is 52.6 Å². The van der Waals surface area contributed by atoms with Gasteiger partial charge in [-0.25, -0.2) is 0 Å². The fraction of sp³-hybridized carbons (Fsp3) is 0.684. The summed E-state index contributed by atoms with van der Waals surface area (Å²) in [6, 6.07) is 3.82. The number of nitrogens with one attached hydrogen (secondary N) is 1. The molecule has 0 atom stereocenters. The van der Waals surface area contributed by atoms with Crippen LogP contribution in [-0.4, -0.2) is 54.8 Å². The Hall–Kier alpha value is -1.40. The van der Waals surface area contributed by atoms with Gasteiger partial charge in [0.15, 0.2) is 0 Å². The van der Waals surface area contributed by atoms with E-state index in [2.05, 4.69) is 24.2 Å². The average Bonchev–Trinajstić information content (AvgIpc) is 3.07. The highest BCUT2D eigenvalue weighted by Crippen LogP contribution is 2.23. The van der Waals surface area contributed by atoms with E-state index in [4.69, 9.17) is 0 Å². The molecule has 1 aromatic heterocycles. The normalized spacial score (nSPS) is 15.6. The molecule has 1 fully saturated rings. The van der Waals surface area contributed by atoms with Crippen molar-refractivity contribution in [2.24, 2.45) is 5.92 Å².